The third-order valence-electron chi connectivity index (χ3n) is 3.45. The molecule has 1 aromatic rings. The predicted molar refractivity (Wildman–Crippen MR) is 76.5 cm³/mol. The van der Waals surface area contributed by atoms with Gasteiger partial charge in [-0.1, -0.05) is 0 Å². The van der Waals surface area contributed by atoms with Gasteiger partial charge in [0, 0.05) is 18.7 Å². The molecule has 1 aliphatic rings. The molecule has 0 aromatic heterocycles. The van der Waals surface area contributed by atoms with Crippen molar-refractivity contribution in [2.45, 2.75) is 37.3 Å². The number of ether oxygens (including phenoxy) is 1. The predicted octanol–water partition coefficient (Wildman–Crippen LogP) is 1.78. The molecule has 1 aromatic carbocycles. The summed E-state index contributed by atoms with van der Waals surface area (Å²) in [5, 5.41) is 10.6. The molecule has 116 valence electrons. The smallest absolute Gasteiger partial charge is 0.269 e. The largest absolute Gasteiger partial charge is 0.375 e. The molecule has 1 aliphatic heterocycles. The van der Waals surface area contributed by atoms with Gasteiger partial charge >= 0.3 is 0 Å². The molecule has 0 radical (unpaired) electrons. The highest BCUT2D eigenvalue weighted by Crippen LogP contribution is 2.29. The molecular formula is C13H18N2O5S. The van der Waals surface area contributed by atoms with Gasteiger partial charge in [0.15, 0.2) is 0 Å². The Morgan fingerprint density at radius 2 is 1.90 bits per heavy atom. The van der Waals surface area contributed by atoms with Crippen LogP contribution in [0.2, 0.25) is 0 Å². The van der Waals surface area contributed by atoms with Crippen LogP contribution in [0, 0.1) is 10.1 Å². The molecule has 0 amide bonds. The standard InChI is InChI=1S/C13H18N2O5S/c1-10-8-14(13(2,3)9-20-10)21(18,19)12-6-4-11(5-7-12)15(16)17/h4-7,10H,8-9H2,1-3H3/t10-/m1/s1. The average Bonchev–Trinajstić information content (AvgIpc) is 2.41. The number of nitro benzene ring substituents is 1. The van der Waals surface area contributed by atoms with Crippen LogP contribution in [0.3, 0.4) is 0 Å². The van der Waals surface area contributed by atoms with Gasteiger partial charge in [-0.25, -0.2) is 8.42 Å². The van der Waals surface area contributed by atoms with Crippen molar-refractivity contribution < 1.29 is 18.1 Å². The lowest BCUT2D eigenvalue weighted by Gasteiger charge is -2.43. The summed E-state index contributed by atoms with van der Waals surface area (Å²) in [6.07, 6.45) is -0.189. The van der Waals surface area contributed by atoms with Crippen LogP contribution in [0.5, 0.6) is 0 Å². The van der Waals surface area contributed by atoms with Crippen LogP contribution in [0.15, 0.2) is 29.2 Å². The van der Waals surface area contributed by atoms with Gasteiger partial charge in [0.1, 0.15) is 0 Å². The van der Waals surface area contributed by atoms with Crippen LogP contribution < -0.4 is 0 Å². The van der Waals surface area contributed by atoms with E-state index in [4.69, 9.17) is 4.74 Å². The first-order valence-electron chi connectivity index (χ1n) is 6.53. The number of non-ortho nitro benzene ring substituents is 1. The van der Waals surface area contributed by atoms with Crippen molar-refractivity contribution in [1.29, 1.82) is 0 Å². The Kier molecular flexibility index (Phi) is 4.05. The maximum Gasteiger partial charge on any atom is 0.269 e. The topological polar surface area (TPSA) is 89.8 Å². The Hall–Kier alpha value is -1.51. The maximum atomic E-state index is 12.7. The van der Waals surface area contributed by atoms with Crippen molar-refractivity contribution in [2.24, 2.45) is 0 Å². The second-order valence-corrected chi connectivity index (χ2v) is 7.58. The van der Waals surface area contributed by atoms with Gasteiger partial charge in [0.05, 0.1) is 28.1 Å². The first-order valence-corrected chi connectivity index (χ1v) is 7.97. The van der Waals surface area contributed by atoms with Gasteiger partial charge in [0.25, 0.3) is 5.69 Å². The zero-order valence-electron chi connectivity index (χ0n) is 12.1. The molecule has 2 rings (SSSR count). The average molecular weight is 314 g/mol. The lowest BCUT2D eigenvalue weighted by atomic mass is 10.1. The zero-order valence-corrected chi connectivity index (χ0v) is 13.0. The summed E-state index contributed by atoms with van der Waals surface area (Å²) < 4.78 is 32.4. The van der Waals surface area contributed by atoms with E-state index in [9.17, 15) is 18.5 Å². The number of benzene rings is 1. The monoisotopic (exact) mass is 314 g/mol. The highest BCUT2D eigenvalue weighted by atomic mass is 32.2. The summed E-state index contributed by atoms with van der Waals surface area (Å²) in [4.78, 5) is 10.1. The fraction of sp³-hybridized carbons (Fsp3) is 0.538. The van der Waals surface area contributed by atoms with E-state index in [1.165, 1.54) is 28.6 Å². The molecule has 8 heteroatoms. The van der Waals surface area contributed by atoms with Gasteiger partial charge in [-0.15, -0.1) is 0 Å². The van der Waals surface area contributed by atoms with E-state index in [1.807, 2.05) is 6.92 Å². The van der Waals surface area contributed by atoms with Crippen molar-refractivity contribution in [3.63, 3.8) is 0 Å². The Labute approximate surface area is 123 Å². The molecule has 0 aliphatic carbocycles. The molecule has 0 N–H and O–H groups in total. The fourth-order valence-electron chi connectivity index (χ4n) is 2.24. The number of rotatable bonds is 3. The van der Waals surface area contributed by atoms with Gasteiger partial charge < -0.3 is 4.74 Å². The Morgan fingerprint density at radius 3 is 2.43 bits per heavy atom. The summed E-state index contributed by atoms with van der Waals surface area (Å²) >= 11 is 0. The van der Waals surface area contributed by atoms with Crippen molar-refractivity contribution in [1.82, 2.24) is 4.31 Å². The summed E-state index contributed by atoms with van der Waals surface area (Å²) in [5.41, 5.74) is -0.795. The van der Waals surface area contributed by atoms with E-state index in [0.717, 1.165) is 0 Å². The molecular weight excluding hydrogens is 296 g/mol. The Bertz CT molecular complexity index is 639. The molecule has 0 spiro atoms. The first kappa shape index (κ1) is 15.9. The van der Waals surface area contributed by atoms with Gasteiger partial charge in [-0.05, 0) is 32.9 Å². The van der Waals surface area contributed by atoms with Gasteiger partial charge in [-0.3, -0.25) is 10.1 Å². The van der Waals surface area contributed by atoms with Crippen LogP contribution in [0.4, 0.5) is 5.69 Å². The van der Waals surface area contributed by atoms with E-state index in [0.29, 0.717) is 6.61 Å². The number of morpholine rings is 1. The highest BCUT2D eigenvalue weighted by molar-refractivity contribution is 7.89. The molecule has 0 saturated carbocycles. The van der Waals surface area contributed by atoms with Gasteiger partial charge in [-0.2, -0.15) is 4.31 Å². The number of hydrogen-bond acceptors (Lipinski definition) is 5. The Balaban J connectivity index is 2.38. The van der Waals surface area contributed by atoms with Crippen LogP contribution in [-0.2, 0) is 14.8 Å². The van der Waals surface area contributed by atoms with E-state index in [1.54, 1.807) is 13.8 Å². The van der Waals surface area contributed by atoms with E-state index in [-0.39, 0.29) is 23.2 Å². The molecule has 7 nitrogen and oxygen atoms in total. The summed E-state index contributed by atoms with van der Waals surface area (Å²) in [6.45, 7) is 5.96. The van der Waals surface area contributed by atoms with E-state index >= 15 is 0 Å². The zero-order chi connectivity index (χ0) is 15.8. The fourth-order valence-corrected chi connectivity index (χ4v) is 4.09. The van der Waals surface area contributed by atoms with Crippen LogP contribution >= 0.6 is 0 Å². The SMILES string of the molecule is C[C@@H]1CN(S(=O)(=O)c2ccc([N+](=O)[O-])cc2)C(C)(C)CO1. The minimum absolute atomic E-state index is 0.0512. The van der Waals surface area contributed by atoms with Crippen molar-refractivity contribution in [2.75, 3.05) is 13.2 Å². The minimum atomic E-state index is -3.71. The maximum absolute atomic E-state index is 12.7. The molecule has 1 fully saturated rings. The summed E-state index contributed by atoms with van der Waals surface area (Å²) in [7, 11) is -3.71. The summed E-state index contributed by atoms with van der Waals surface area (Å²) in [5.74, 6) is 0. The highest BCUT2D eigenvalue weighted by Gasteiger charge is 2.41. The molecule has 1 atom stereocenters. The molecule has 0 unspecified atom stereocenters. The first-order chi connectivity index (χ1) is 9.64. The van der Waals surface area contributed by atoms with Crippen molar-refractivity contribution in [3.05, 3.63) is 34.4 Å². The van der Waals surface area contributed by atoms with Crippen molar-refractivity contribution in [3.8, 4) is 0 Å². The van der Waals surface area contributed by atoms with E-state index in [2.05, 4.69) is 0 Å². The Morgan fingerprint density at radius 1 is 1.33 bits per heavy atom. The van der Waals surface area contributed by atoms with E-state index < -0.39 is 20.5 Å². The molecule has 1 saturated heterocycles. The number of sulfonamides is 1. The quantitative estimate of drug-likeness (QED) is 0.626. The molecule has 0 bridgehead atoms. The van der Waals surface area contributed by atoms with Crippen molar-refractivity contribution >= 4 is 15.7 Å². The second kappa shape index (κ2) is 5.36. The second-order valence-electron chi connectivity index (χ2n) is 5.72. The van der Waals surface area contributed by atoms with Crippen LogP contribution in [0.1, 0.15) is 20.8 Å². The molecule has 1 heterocycles. The lowest BCUT2D eigenvalue weighted by molar-refractivity contribution is -0.384. The van der Waals surface area contributed by atoms with Crippen LogP contribution in [0.25, 0.3) is 0 Å². The minimum Gasteiger partial charge on any atom is -0.375 e. The number of hydrogen-bond donors (Lipinski definition) is 0. The number of nitrogens with zero attached hydrogens (tertiary/aromatic N) is 2. The van der Waals surface area contributed by atoms with Crippen LogP contribution in [-0.4, -0.2) is 42.4 Å². The van der Waals surface area contributed by atoms with Gasteiger partial charge in [0.2, 0.25) is 10.0 Å². The third-order valence-corrected chi connectivity index (χ3v) is 5.55. The normalized spacial score (nSPS) is 22.9. The summed E-state index contributed by atoms with van der Waals surface area (Å²) in [6, 6.07) is 4.93. The number of nitro groups is 1. The molecule has 21 heavy (non-hydrogen) atoms. The lowest BCUT2D eigenvalue weighted by Crippen LogP contribution is -2.57. The third kappa shape index (κ3) is 3.07.